The number of halogens is 1. The first-order valence-corrected chi connectivity index (χ1v) is 6.31. The first-order chi connectivity index (χ1) is 9.85. The summed E-state index contributed by atoms with van der Waals surface area (Å²) in [6.07, 6.45) is 1.58. The van der Waals surface area contributed by atoms with E-state index >= 15 is 0 Å². The number of anilines is 1. The van der Waals surface area contributed by atoms with E-state index in [-0.39, 0.29) is 16.4 Å². The van der Waals surface area contributed by atoms with E-state index in [0.29, 0.717) is 0 Å². The van der Waals surface area contributed by atoms with Crippen LogP contribution in [-0.4, -0.2) is 22.9 Å². The van der Waals surface area contributed by atoms with Gasteiger partial charge in [-0.25, -0.2) is 4.79 Å². The summed E-state index contributed by atoms with van der Waals surface area (Å²) in [5.41, 5.74) is -0.141. The average molecular weight is 313 g/mol. The van der Waals surface area contributed by atoms with Gasteiger partial charge < -0.3 is 10.1 Å². The molecule has 0 saturated carbocycles. The van der Waals surface area contributed by atoms with Gasteiger partial charge in [0, 0.05) is 18.2 Å². The predicted octanol–water partition coefficient (Wildman–Crippen LogP) is 2.69. The fourth-order valence-corrected chi connectivity index (χ4v) is 1.52. The molecule has 112 valence electrons. The van der Waals surface area contributed by atoms with Gasteiger partial charge in [-0.3, -0.25) is 14.9 Å². The third kappa shape index (κ3) is 4.88. The van der Waals surface area contributed by atoms with Crippen LogP contribution in [0.1, 0.15) is 13.8 Å². The number of nitrogens with one attached hydrogen (secondary N) is 1. The van der Waals surface area contributed by atoms with Crippen molar-refractivity contribution in [1.29, 1.82) is 0 Å². The predicted molar refractivity (Wildman–Crippen MR) is 77.1 cm³/mol. The van der Waals surface area contributed by atoms with Crippen LogP contribution in [0.2, 0.25) is 5.02 Å². The smallest absolute Gasteiger partial charge is 0.331 e. The number of hydrogen-bond donors (Lipinski definition) is 1. The second-order valence-corrected chi connectivity index (χ2v) is 4.40. The average Bonchev–Trinajstić information content (AvgIpc) is 2.40. The van der Waals surface area contributed by atoms with Gasteiger partial charge in [-0.05, 0) is 19.9 Å². The molecule has 0 aliphatic rings. The van der Waals surface area contributed by atoms with Crippen LogP contribution in [0.3, 0.4) is 0 Å². The molecule has 1 amide bonds. The number of nitro groups is 1. The molecule has 0 spiro atoms. The van der Waals surface area contributed by atoms with Crippen LogP contribution in [0.4, 0.5) is 11.4 Å². The number of esters is 1. The van der Waals surface area contributed by atoms with E-state index in [2.05, 4.69) is 5.32 Å². The maximum absolute atomic E-state index is 11.8. The van der Waals surface area contributed by atoms with Crippen molar-refractivity contribution < 1.29 is 19.2 Å². The number of non-ortho nitro benzene ring substituents is 1. The lowest BCUT2D eigenvalue weighted by Crippen LogP contribution is -2.29. The molecule has 0 aliphatic heterocycles. The zero-order valence-corrected chi connectivity index (χ0v) is 12.1. The van der Waals surface area contributed by atoms with E-state index < -0.39 is 22.9 Å². The Morgan fingerprint density at radius 1 is 1.48 bits per heavy atom. The SMILES string of the molecule is C/C=C/C(=O)OC(C)C(=O)Nc1cc([N+](=O)[O-])ccc1Cl. The summed E-state index contributed by atoms with van der Waals surface area (Å²) in [6, 6.07) is 3.64. The van der Waals surface area contributed by atoms with E-state index in [1.807, 2.05) is 0 Å². The van der Waals surface area contributed by atoms with Crippen LogP contribution in [0.5, 0.6) is 0 Å². The Labute approximate surface area is 125 Å². The first-order valence-electron chi connectivity index (χ1n) is 5.93. The fraction of sp³-hybridized carbons (Fsp3) is 0.231. The maximum Gasteiger partial charge on any atom is 0.331 e. The number of carbonyl (C=O) groups is 2. The molecule has 0 heterocycles. The van der Waals surface area contributed by atoms with Gasteiger partial charge in [0.2, 0.25) is 0 Å². The maximum atomic E-state index is 11.8. The summed E-state index contributed by atoms with van der Waals surface area (Å²) in [6.45, 7) is 3.01. The molecule has 1 aromatic carbocycles. The van der Waals surface area contributed by atoms with Gasteiger partial charge in [-0.15, -0.1) is 0 Å². The van der Waals surface area contributed by atoms with Crippen LogP contribution in [0.25, 0.3) is 0 Å². The summed E-state index contributed by atoms with van der Waals surface area (Å²) >= 11 is 5.85. The minimum atomic E-state index is -1.07. The highest BCUT2D eigenvalue weighted by Crippen LogP contribution is 2.26. The quantitative estimate of drug-likeness (QED) is 0.390. The number of benzene rings is 1. The summed E-state index contributed by atoms with van der Waals surface area (Å²) in [5, 5.41) is 13.2. The molecule has 21 heavy (non-hydrogen) atoms. The second kappa shape index (κ2) is 7.39. The topological polar surface area (TPSA) is 98.5 Å². The molecule has 0 saturated heterocycles. The van der Waals surface area contributed by atoms with Crippen molar-refractivity contribution in [3.8, 4) is 0 Å². The van der Waals surface area contributed by atoms with E-state index in [1.165, 1.54) is 31.2 Å². The van der Waals surface area contributed by atoms with Gasteiger partial charge in [-0.1, -0.05) is 17.7 Å². The van der Waals surface area contributed by atoms with Crippen LogP contribution >= 0.6 is 11.6 Å². The minimum absolute atomic E-state index is 0.0739. The lowest BCUT2D eigenvalue weighted by molar-refractivity contribution is -0.384. The summed E-state index contributed by atoms with van der Waals surface area (Å²) < 4.78 is 4.83. The highest BCUT2D eigenvalue weighted by atomic mass is 35.5. The molecule has 1 rings (SSSR count). The molecule has 0 fully saturated rings. The Bertz CT molecular complexity index is 600. The summed E-state index contributed by atoms with van der Waals surface area (Å²) in [5.74, 6) is -1.31. The first kappa shape index (κ1) is 16.6. The van der Waals surface area contributed by atoms with Crippen molar-refractivity contribution in [3.05, 3.63) is 45.5 Å². The zero-order chi connectivity index (χ0) is 16.0. The minimum Gasteiger partial charge on any atom is -0.449 e. The molecule has 0 aliphatic carbocycles. The van der Waals surface area contributed by atoms with Crippen LogP contribution in [-0.2, 0) is 14.3 Å². The second-order valence-electron chi connectivity index (χ2n) is 3.99. The van der Waals surface area contributed by atoms with Gasteiger partial charge >= 0.3 is 5.97 Å². The fourth-order valence-electron chi connectivity index (χ4n) is 1.36. The van der Waals surface area contributed by atoms with Crippen LogP contribution < -0.4 is 5.32 Å². The van der Waals surface area contributed by atoms with E-state index in [0.717, 1.165) is 6.07 Å². The molecule has 1 aromatic rings. The molecule has 0 aromatic heterocycles. The van der Waals surface area contributed by atoms with Crippen molar-refractivity contribution >= 4 is 34.9 Å². The van der Waals surface area contributed by atoms with Gasteiger partial charge in [0.25, 0.3) is 11.6 Å². The Morgan fingerprint density at radius 2 is 2.14 bits per heavy atom. The van der Waals surface area contributed by atoms with Crippen LogP contribution in [0, 0.1) is 10.1 Å². The number of nitrogens with zero attached hydrogens (tertiary/aromatic N) is 1. The van der Waals surface area contributed by atoms with Gasteiger partial charge in [0.15, 0.2) is 6.10 Å². The van der Waals surface area contributed by atoms with E-state index in [4.69, 9.17) is 16.3 Å². The van der Waals surface area contributed by atoms with Gasteiger partial charge in [0.05, 0.1) is 15.6 Å². The molecular weight excluding hydrogens is 300 g/mol. The number of carbonyl (C=O) groups excluding carboxylic acids is 2. The van der Waals surface area contributed by atoms with Crippen LogP contribution in [0.15, 0.2) is 30.4 Å². The van der Waals surface area contributed by atoms with E-state index in [9.17, 15) is 19.7 Å². The molecule has 0 radical (unpaired) electrons. The number of rotatable bonds is 5. The van der Waals surface area contributed by atoms with Gasteiger partial charge in [-0.2, -0.15) is 0 Å². The van der Waals surface area contributed by atoms with Crippen molar-refractivity contribution in [2.45, 2.75) is 20.0 Å². The van der Waals surface area contributed by atoms with Crippen molar-refractivity contribution in [2.75, 3.05) is 5.32 Å². The number of nitro benzene ring substituents is 1. The number of allylic oxidation sites excluding steroid dienone is 1. The number of ether oxygens (including phenoxy) is 1. The number of hydrogen-bond acceptors (Lipinski definition) is 5. The Hall–Kier alpha value is -2.41. The largest absolute Gasteiger partial charge is 0.449 e. The Morgan fingerprint density at radius 3 is 2.71 bits per heavy atom. The van der Waals surface area contributed by atoms with Crippen molar-refractivity contribution in [1.82, 2.24) is 0 Å². The standard InChI is InChI=1S/C13H13ClN2O5/c1-3-4-12(17)21-8(2)13(18)15-11-7-9(16(19)20)5-6-10(11)14/h3-8H,1-2H3,(H,15,18)/b4-3+. The third-order valence-electron chi connectivity index (χ3n) is 2.38. The molecule has 1 N–H and O–H groups in total. The lowest BCUT2D eigenvalue weighted by Gasteiger charge is -2.13. The molecular formula is C13H13ClN2O5. The monoisotopic (exact) mass is 312 g/mol. The molecule has 0 bridgehead atoms. The van der Waals surface area contributed by atoms with Crippen molar-refractivity contribution in [3.63, 3.8) is 0 Å². The lowest BCUT2D eigenvalue weighted by atomic mass is 10.2. The van der Waals surface area contributed by atoms with Crippen molar-refractivity contribution in [2.24, 2.45) is 0 Å². The molecule has 1 atom stereocenters. The molecule has 1 unspecified atom stereocenters. The summed E-state index contributed by atoms with van der Waals surface area (Å²) in [4.78, 5) is 33.1. The molecule has 7 nitrogen and oxygen atoms in total. The van der Waals surface area contributed by atoms with E-state index in [1.54, 1.807) is 6.92 Å². The Kier molecular flexibility index (Phi) is 5.86. The summed E-state index contributed by atoms with van der Waals surface area (Å²) in [7, 11) is 0. The Balaban J connectivity index is 2.80. The molecule has 8 heteroatoms. The zero-order valence-electron chi connectivity index (χ0n) is 11.3. The number of amides is 1. The highest BCUT2D eigenvalue weighted by molar-refractivity contribution is 6.33. The van der Waals surface area contributed by atoms with Gasteiger partial charge in [0.1, 0.15) is 0 Å². The normalized spacial score (nSPS) is 12.0. The highest BCUT2D eigenvalue weighted by Gasteiger charge is 2.19. The third-order valence-corrected chi connectivity index (χ3v) is 2.71.